The van der Waals surface area contributed by atoms with Crippen LogP contribution in [0.15, 0.2) is 76.3 Å². The van der Waals surface area contributed by atoms with E-state index < -0.39 is 5.92 Å². The Labute approximate surface area is 232 Å². The Balaban J connectivity index is 1.78. The van der Waals surface area contributed by atoms with Gasteiger partial charge < -0.3 is 0 Å². The van der Waals surface area contributed by atoms with Gasteiger partial charge in [-0.1, -0.05) is 52.5 Å². The number of H-pyrrole nitrogens is 2. The zero-order chi connectivity index (χ0) is 26.4. The van der Waals surface area contributed by atoms with Gasteiger partial charge in [0.2, 0.25) is 0 Å². The van der Waals surface area contributed by atoms with Gasteiger partial charge in [0.15, 0.2) is 0 Å². The Morgan fingerprint density at radius 1 is 0.622 bits per heavy atom. The van der Waals surface area contributed by atoms with E-state index in [2.05, 4.69) is 10.2 Å². The molecule has 5 aromatic rings. The van der Waals surface area contributed by atoms with E-state index in [4.69, 9.17) is 46.4 Å². The summed E-state index contributed by atoms with van der Waals surface area (Å²) in [7, 11) is 0. The smallest absolute Gasteiger partial charge is 0.275 e. The Morgan fingerprint density at radius 2 is 1.03 bits per heavy atom. The van der Waals surface area contributed by atoms with Crippen LogP contribution in [0.3, 0.4) is 0 Å². The van der Waals surface area contributed by atoms with E-state index in [1.165, 1.54) is 9.36 Å². The summed E-state index contributed by atoms with van der Waals surface area (Å²) in [5.74, 6) is -0.778. The lowest BCUT2D eigenvalue weighted by Gasteiger charge is -2.17. The number of nitrogens with zero attached hydrogens (tertiary/aromatic N) is 2. The summed E-state index contributed by atoms with van der Waals surface area (Å²) in [6, 6.07) is 18.8. The fourth-order valence-corrected chi connectivity index (χ4v) is 5.30. The summed E-state index contributed by atoms with van der Waals surface area (Å²) in [4.78, 5) is 27.7. The first kappa shape index (κ1) is 25.5. The van der Waals surface area contributed by atoms with Gasteiger partial charge in [-0.2, -0.15) is 0 Å². The first-order valence-corrected chi connectivity index (χ1v) is 12.8. The van der Waals surface area contributed by atoms with Crippen molar-refractivity contribution in [3.63, 3.8) is 0 Å². The molecule has 0 aliphatic carbocycles. The van der Waals surface area contributed by atoms with Crippen molar-refractivity contribution in [2.75, 3.05) is 0 Å². The topological polar surface area (TPSA) is 75.6 Å². The normalized spacial score (nSPS) is 11.4. The molecule has 0 atom stereocenters. The second kappa shape index (κ2) is 9.95. The Morgan fingerprint density at radius 3 is 1.43 bits per heavy atom. The summed E-state index contributed by atoms with van der Waals surface area (Å²) in [6.07, 6.45) is 0. The van der Waals surface area contributed by atoms with Crippen molar-refractivity contribution < 1.29 is 0 Å². The zero-order valence-corrected chi connectivity index (χ0v) is 22.7. The van der Waals surface area contributed by atoms with Crippen LogP contribution < -0.4 is 11.1 Å². The SMILES string of the molecule is Cc1[nH]n(-c2ccc(Cl)cc2)c(=O)c1C(c1ccc(Cl)cc1Cl)c1c(C)[nH]n(-c2ccc(Cl)cc2)c1=O. The zero-order valence-electron chi connectivity index (χ0n) is 19.7. The predicted molar refractivity (Wildman–Crippen MR) is 150 cm³/mol. The van der Waals surface area contributed by atoms with Gasteiger partial charge in [0.1, 0.15) is 0 Å². The molecule has 0 aliphatic rings. The predicted octanol–water partition coefficient (Wildman–Crippen LogP) is 7.06. The Bertz CT molecular complexity index is 1620. The molecule has 2 N–H and O–H groups in total. The lowest BCUT2D eigenvalue weighted by molar-refractivity contribution is 0.830. The van der Waals surface area contributed by atoms with E-state index in [1.807, 2.05) is 0 Å². The molecule has 0 unspecified atom stereocenters. The number of rotatable bonds is 5. The van der Waals surface area contributed by atoms with Gasteiger partial charge in [0.25, 0.3) is 11.1 Å². The molecule has 0 bridgehead atoms. The van der Waals surface area contributed by atoms with Gasteiger partial charge >= 0.3 is 0 Å². The highest BCUT2D eigenvalue weighted by Crippen LogP contribution is 2.37. The maximum absolute atomic E-state index is 13.9. The minimum absolute atomic E-state index is 0.311. The maximum atomic E-state index is 13.9. The molecular weight excluding hydrogens is 554 g/mol. The van der Waals surface area contributed by atoms with Crippen molar-refractivity contribution >= 4 is 46.4 Å². The van der Waals surface area contributed by atoms with E-state index >= 15 is 0 Å². The molecule has 0 saturated heterocycles. The molecule has 2 aromatic heterocycles. The number of nitrogens with one attached hydrogen (secondary N) is 2. The van der Waals surface area contributed by atoms with Crippen LogP contribution in [0, 0.1) is 13.8 Å². The number of aromatic nitrogens is 4. The molecular formula is C27H20Cl4N4O2. The largest absolute Gasteiger partial charge is 0.295 e. The first-order chi connectivity index (χ1) is 17.7. The molecule has 0 spiro atoms. The summed E-state index contributed by atoms with van der Waals surface area (Å²) in [5, 5.41) is 8.17. The lowest BCUT2D eigenvalue weighted by Crippen LogP contribution is -2.25. The van der Waals surface area contributed by atoms with Crippen molar-refractivity contribution in [2.45, 2.75) is 19.8 Å². The fourth-order valence-electron chi connectivity index (χ4n) is 4.53. The van der Waals surface area contributed by atoms with E-state index in [9.17, 15) is 9.59 Å². The van der Waals surface area contributed by atoms with Crippen LogP contribution in [-0.2, 0) is 0 Å². The molecule has 0 saturated carbocycles. The molecule has 188 valence electrons. The van der Waals surface area contributed by atoms with E-state index in [-0.39, 0.29) is 11.1 Å². The number of hydrogen-bond acceptors (Lipinski definition) is 2. The average molecular weight is 574 g/mol. The average Bonchev–Trinajstić information content (AvgIpc) is 3.32. The van der Waals surface area contributed by atoms with Crippen molar-refractivity contribution in [2.24, 2.45) is 0 Å². The first-order valence-electron chi connectivity index (χ1n) is 11.3. The van der Waals surface area contributed by atoms with Gasteiger partial charge in [-0.05, 0) is 80.1 Å². The highest BCUT2D eigenvalue weighted by atomic mass is 35.5. The quantitative estimate of drug-likeness (QED) is 0.236. The van der Waals surface area contributed by atoms with Gasteiger partial charge in [-0.3, -0.25) is 19.8 Å². The molecule has 10 heteroatoms. The molecule has 0 radical (unpaired) electrons. The lowest BCUT2D eigenvalue weighted by atomic mass is 9.85. The molecule has 5 rings (SSSR count). The third kappa shape index (κ3) is 4.66. The molecule has 0 aliphatic heterocycles. The summed E-state index contributed by atoms with van der Waals surface area (Å²) in [6.45, 7) is 3.58. The highest BCUT2D eigenvalue weighted by molar-refractivity contribution is 6.35. The van der Waals surface area contributed by atoms with Crippen LogP contribution >= 0.6 is 46.4 Å². The van der Waals surface area contributed by atoms with Crippen molar-refractivity contribution in [1.29, 1.82) is 0 Å². The Kier molecular flexibility index (Phi) is 6.86. The van der Waals surface area contributed by atoms with Crippen molar-refractivity contribution in [1.82, 2.24) is 19.6 Å². The number of aryl methyl sites for hydroxylation is 2. The number of benzene rings is 3. The summed E-state index contributed by atoms with van der Waals surface area (Å²) < 4.78 is 2.86. The molecule has 2 heterocycles. The molecule has 0 amide bonds. The van der Waals surface area contributed by atoms with E-state index in [0.29, 0.717) is 59.5 Å². The Hall–Kier alpha value is -3.16. The third-order valence-corrected chi connectivity index (χ3v) is 7.32. The van der Waals surface area contributed by atoms with Crippen LogP contribution in [-0.4, -0.2) is 19.6 Å². The van der Waals surface area contributed by atoms with Gasteiger partial charge in [-0.25, -0.2) is 9.36 Å². The third-order valence-electron chi connectivity index (χ3n) is 6.25. The second-order valence-electron chi connectivity index (χ2n) is 8.63. The van der Waals surface area contributed by atoms with Gasteiger partial charge in [-0.15, -0.1) is 0 Å². The molecule has 0 fully saturated rings. The minimum Gasteiger partial charge on any atom is -0.295 e. The minimum atomic E-state index is -0.778. The maximum Gasteiger partial charge on any atom is 0.275 e. The van der Waals surface area contributed by atoms with Gasteiger partial charge in [0, 0.05) is 31.5 Å². The van der Waals surface area contributed by atoms with Crippen LogP contribution in [0.2, 0.25) is 20.1 Å². The number of halogens is 4. The van der Waals surface area contributed by atoms with Crippen LogP contribution in [0.4, 0.5) is 0 Å². The molecule has 6 nitrogen and oxygen atoms in total. The van der Waals surface area contributed by atoms with Crippen LogP contribution in [0.25, 0.3) is 11.4 Å². The highest BCUT2D eigenvalue weighted by Gasteiger charge is 2.32. The summed E-state index contributed by atoms with van der Waals surface area (Å²) >= 11 is 24.9. The second-order valence-corrected chi connectivity index (χ2v) is 10.4. The summed E-state index contributed by atoms with van der Waals surface area (Å²) in [5.41, 5.74) is 3.13. The monoisotopic (exact) mass is 572 g/mol. The fraction of sp³-hybridized carbons (Fsp3) is 0.111. The van der Waals surface area contributed by atoms with E-state index in [1.54, 1.807) is 80.6 Å². The van der Waals surface area contributed by atoms with E-state index in [0.717, 1.165) is 0 Å². The van der Waals surface area contributed by atoms with Crippen molar-refractivity contribution in [3.05, 3.63) is 136 Å². The standard InChI is InChI=1S/C27H20Cl4N4O2/c1-14-23(26(36)34(32-14)19-8-3-16(28)4-9-19)25(21-12-7-18(30)13-22(21)31)24-15(2)33-35(27(24)37)20-10-5-17(29)6-11-20/h3-13,25,32-33H,1-2H3. The van der Waals surface area contributed by atoms with Crippen LogP contribution in [0.5, 0.6) is 0 Å². The van der Waals surface area contributed by atoms with Crippen LogP contribution in [0.1, 0.15) is 34.0 Å². The van der Waals surface area contributed by atoms with Crippen molar-refractivity contribution in [3.8, 4) is 11.4 Å². The number of aromatic amines is 2. The number of hydrogen-bond donors (Lipinski definition) is 2. The molecule has 37 heavy (non-hydrogen) atoms. The molecule has 3 aromatic carbocycles. The van der Waals surface area contributed by atoms with Gasteiger partial charge in [0.05, 0.1) is 28.4 Å².